The minimum Gasteiger partial charge on any atom is -0.337 e. The van der Waals surface area contributed by atoms with E-state index in [1.54, 1.807) is 16.2 Å². The third-order valence-electron chi connectivity index (χ3n) is 5.67. The number of carbonyl (C=O) groups excluding carboxylic acids is 2. The van der Waals surface area contributed by atoms with Crippen LogP contribution in [-0.2, 0) is 22.7 Å². The first-order valence-electron chi connectivity index (χ1n) is 9.76. The number of halogens is 1. The number of hydrogen-bond acceptors (Lipinski definition) is 3. The van der Waals surface area contributed by atoms with Gasteiger partial charge in [-0.3, -0.25) is 9.59 Å². The van der Waals surface area contributed by atoms with E-state index in [4.69, 9.17) is 11.6 Å². The summed E-state index contributed by atoms with van der Waals surface area (Å²) in [6.45, 7) is 5.48. The second kappa shape index (κ2) is 8.64. The van der Waals surface area contributed by atoms with Gasteiger partial charge < -0.3 is 14.7 Å². The van der Waals surface area contributed by atoms with Crippen LogP contribution in [0.2, 0.25) is 5.02 Å². The third kappa shape index (κ3) is 4.40. The molecule has 1 N–H and O–H groups in total. The Bertz CT molecular complexity index is 834. The molecular formula is C21H25ClN3O2S+. The molecule has 0 spiro atoms. The van der Waals surface area contributed by atoms with E-state index in [0.29, 0.717) is 24.5 Å². The number of piperazine rings is 1. The Balaban J connectivity index is 1.29. The molecule has 0 radical (unpaired) electrons. The van der Waals surface area contributed by atoms with Gasteiger partial charge in [0.05, 0.1) is 37.0 Å². The fourth-order valence-electron chi connectivity index (χ4n) is 4.06. The lowest BCUT2D eigenvalue weighted by Crippen LogP contribution is -3.13. The highest BCUT2D eigenvalue weighted by atomic mass is 35.5. The molecule has 2 aliphatic heterocycles. The summed E-state index contributed by atoms with van der Waals surface area (Å²) >= 11 is 8.01. The third-order valence-corrected chi connectivity index (χ3v) is 6.91. The van der Waals surface area contributed by atoms with Crippen LogP contribution < -0.4 is 4.90 Å². The highest BCUT2D eigenvalue weighted by Gasteiger charge is 2.37. The maximum absolute atomic E-state index is 12.9. The van der Waals surface area contributed by atoms with E-state index in [-0.39, 0.29) is 17.7 Å². The molecule has 2 amide bonds. The number of amides is 2. The van der Waals surface area contributed by atoms with E-state index in [1.807, 2.05) is 29.2 Å². The number of quaternary nitrogens is 1. The Morgan fingerprint density at radius 2 is 1.96 bits per heavy atom. The van der Waals surface area contributed by atoms with Gasteiger partial charge >= 0.3 is 0 Å². The lowest BCUT2D eigenvalue weighted by molar-refractivity contribution is -0.917. The van der Waals surface area contributed by atoms with Gasteiger partial charge in [-0.05, 0) is 23.1 Å². The maximum Gasteiger partial charge on any atom is 0.228 e. The quantitative estimate of drug-likeness (QED) is 0.803. The summed E-state index contributed by atoms with van der Waals surface area (Å²) in [5.74, 6) is -0.0563. The van der Waals surface area contributed by atoms with Crippen LogP contribution >= 0.6 is 22.9 Å². The summed E-state index contributed by atoms with van der Waals surface area (Å²) in [6, 6.07) is 11.8. The zero-order valence-electron chi connectivity index (χ0n) is 15.8. The Morgan fingerprint density at radius 1 is 1.18 bits per heavy atom. The molecular weight excluding hydrogens is 394 g/mol. The summed E-state index contributed by atoms with van der Waals surface area (Å²) in [6.07, 6.45) is 0.311. The number of nitrogens with one attached hydrogen (secondary N) is 1. The van der Waals surface area contributed by atoms with Crippen molar-refractivity contribution in [1.82, 2.24) is 9.80 Å². The van der Waals surface area contributed by atoms with E-state index in [9.17, 15) is 9.59 Å². The zero-order valence-corrected chi connectivity index (χ0v) is 17.3. The van der Waals surface area contributed by atoms with E-state index in [1.165, 1.54) is 9.78 Å². The number of rotatable bonds is 5. The van der Waals surface area contributed by atoms with Crippen molar-refractivity contribution in [3.05, 3.63) is 57.2 Å². The number of benzene rings is 1. The van der Waals surface area contributed by atoms with Gasteiger partial charge in [-0.25, -0.2) is 0 Å². The van der Waals surface area contributed by atoms with Crippen molar-refractivity contribution in [3.63, 3.8) is 0 Å². The summed E-state index contributed by atoms with van der Waals surface area (Å²) in [5.41, 5.74) is 0.927. The molecule has 0 bridgehead atoms. The highest BCUT2D eigenvalue weighted by Crippen LogP contribution is 2.24. The number of thiophene rings is 1. The molecule has 1 atom stereocenters. The van der Waals surface area contributed by atoms with Gasteiger partial charge in [0.2, 0.25) is 11.8 Å². The minimum atomic E-state index is -0.228. The van der Waals surface area contributed by atoms with Crippen LogP contribution in [0.1, 0.15) is 16.9 Å². The summed E-state index contributed by atoms with van der Waals surface area (Å²) in [5, 5.41) is 2.77. The van der Waals surface area contributed by atoms with Gasteiger partial charge in [0.25, 0.3) is 0 Å². The average molecular weight is 419 g/mol. The Morgan fingerprint density at radius 3 is 2.68 bits per heavy atom. The summed E-state index contributed by atoms with van der Waals surface area (Å²) < 4.78 is 0. The number of carbonyl (C=O) groups is 2. The van der Waals surface area contributed by atoms with Crippen LogP contribution in [0.25, 0.3) is 0 Å². The van der Waals surface area contributed by atoms with E-state index in [0.717, 1.165) is 38.3 Å². The fraction of sp³-hybridized carbons (Fsp3) is 0.429. The first-order valence-corrected chi connectivity index (χ1v) is 11.0. The molecule has 2 saturated heterocycles. The lowest BCUT2D eigenvalue weighted by Gasteiger charge is -2.33. The lowest BCUT2D eigenvalue weighted by atomic mass is 10.1. The molecule has 1 aromatic heterocycles. The first kappa shape index (κ1) is 19.4. The Labute approximate surface area is 174 Å². The molecule has 28 heavy (non-hydrogen) atoms. The van der Waals surface area contributed by atoms with Crippen LogP contribution in [0.15, 0.2) is 41.8 Å². The standard InChI is InChI=1S/C21H24ClN3O2S/c22-19-6-2-1-4-16(19)13-25-14-17(12-20(25)26)21(27)24-9-7-23(8-10-24)15-18-5-3-11-28-18/h1-6,11,17H,7-10,12-15H2/p+1/t17-/m0/s1. The van der Waals surface area contributed by atoms with Gasteiger partial charge in [-0.2, -0.15) is 0 Å². The predicted molar refractivity (Wildman–Crippen MR) is 110 cm³/mol. The monoisotopic (exact) mass is 418 g/mol. The number of hydrogen-bond donors (Lipinski definition) is 1. The summed E-state index contributed by atoms with van der Waals surface area (Å²) in [7, 11) is 0. The van der Waals surface area contributed by atoms with E-state index >= 15 is 0 Å². The maximum atomic E-state index is 12.9. The SMILES string of the molecule is O=C1C[C@H](C(=O)N2CC[NH+](Cc3cccs3)CC2)CN1Cc1ccccc1Cl. The molecule has 2 fully saturated rings. The number of likely N-dealkylation sites (tertiary alicyclic amines) is 1. The molecule has 0 saturated carbocycles. The highest BCUT2D eigenvalue weighted by molar-refractivity contribution is 7.09. The molecule has 1 aromatic carbocycles. The molecule has 2 aromatic rings. The first-order chi connectivity index (χ1) is 13.6. The zero-order chi connectivity index (χ0) is 19.5. The van der Waals surface area contributed by atoms with Gasteiger partial charge in [-0.15, -0.1) is 11.3 Å². The van der Waals surface area contributed by atoms with E-state index in [2.05, 4.69) is 17.5 Å². The molecule has 5 nitrogen and oxygen atoms in total. The average Bonchev–Trinajstić information content (AvgIpc) is 3.34. The van der Waals surface area contributed by atoms with Gasteiger partial charge in [-0.1, -0.05) is 35.9 Å². The predicted octanol–water partition coefficient (Wildman–Crippen LogP) is 1.68. The van der Waals surface area contributed by atoms with Crippen LogP contribution in [0.3, 0.4) is 0 Å². The smallest absolute Gasteiger partial charge is 0.228 e. The Hall–Kier alpha value is -1.89. The molecule has 7 heteroatoms. The second-order valence-corrected chi connectivity index (χ2v) is 9.04. The minimum absolute atomic E-state index is 0.0419. The van der Waals surface area contributed by atoms with Crippen LogP contribution in [-0.4, -0.2) is 54.3 Å². The van der Waals surface area contributed by atoms with Crippen molar-refractivity contribution in [2.24, 2.45) is 5.92 Å². The summed E-state index contributed by atoms with van der Waals surface area (Å²) in [4.78, 5) is 32.0. The van der Waals surface area contributed by atoms with Crippen molar-refractivity contribution in [2.45, 2.75) is 19.5 Å². The Kier molecular flexibility index (Phi) is 5.99. The van der Waals surface area contributed by atoms with Gasteiger partial charge in [0.1, 0.15) is 6.54 Å². The second-order valence-electron chi connectivity index (χ2n) is 7.60. The van der Waals surface area contributed by atoms with Crippen molar-refractivity contribution in [1.29, 1.82) is 0 Å². The topological polar surface area (TPSA) is 45.1 Å². The molecule has 148 valence electrons. The largest absolute Gasteiger partial charge is 0.337 e. The van der Waals surface area contributed by atoms with E-state index < -0.39 is 0 Å². The molecule has 0 unspecified atom stereocenters. The molecule has 3 heterocycles. The molecule has 4 rings (SSSR count). The van der Waals surface area contributed by atoms with Gasteiger partial charge in [0, 0.05) is 24.5 Å². The van der Waals surface area contributed by atoms with Crippen molar-refractivity contribution in [2.75, 3.05) is 32.7 Å². The number of nitrogens with zero attached hydrogens (tertiary/aromatic N) is 2. The normalized spacial score (nSPS) is 20.8. The van der Waals surface area contributed by atoms with Crippen molar-refractivity contribution in [3.8, 4) is 0 Å². The van der Waals surface area contributed by atoms with Crippen LogP contribution in [0, 0.1) is 5.92 Å². The fourth-order valence-corrected chi connectivity index (χ4v) is 5.03. The molecule has 0 aliphatic carbocycles. The van der Waals surface area contributed by atoms with Crippen LogP contribution in [0.5, 0.6) is 0 Å². The van der Waals surface area contributed by atoms with Crippen molar-refractivity contribution < 1.29 is 14.5 Å². The molecule has 2 aliphatic rings. The van der Waals surface area contributed by atoms with Gasteiger partial charge in [0.15, 0.2) is 0 Å². The van der Waals surface area contributed by atoms with Crippen molar-refractivity contribution >= 4 is 34.8 Å². The van der Waals surface area contributed by atoms with Crippen LogP contribution in [0.4, 0.5) is 0 Å².